The Labute approximate surface area is 190 Å². The molecule has 2 amide bonds. The quantitative estimate of drug-likeness (QED) is 0.557. The number of aryl methyl sites for hydroxylation is 1. The van der Waals surface area contributed by atoms with Crippen molar-refractivity contribution in [2.45, 2.75) is 32.9 Å². The van der Waals surface area contributed by atoms with Gasteiger partial charge in [-0.25, -0.2) is 0 Å². The van der Waals surface area contributed by atoms with Gasteiger partial charge in [0.1, 0.15) is 11.8 Å². The number of carbonyl (C=O) groups is 2. The topological polar surface area (TPSA) is 58.6 Å². The molecule has 166 valence electrons. The van der Waals surface area contributed by atoms with E-state index in [9.17, 15) is 9.59 Å². The smallest absolute Gasteiger partial charge is 0.261 e. The summed E-state index contributed by atoms with van der Waals surface area (Å²) in [5.41, 5.74) is 4.04. The van der Waals surface area contributed by atoms with Gasteiger partial charge >= 0.3 is 0 Å². The van der Waals surface area contributed by atoms with Crippen molar-refractivity contribution in [2.75, 3.05) is 13.7 Å². The van der Waals surface area contributed by atoms with Crippen LogP contribution in [-0.4, -0.2) is 36.4 Å². The van der Waals surface area contributed by atoms with Crippen LogP contribution in [0.5, 0.6) is 5.75 Å². The van der Waals surface area contributed by atoms with Gasteiger partial charge in [0.05, 0.1) is 0 Å². The zero-order chi connectivity index (χ0) is 22.9. The molecular formula is C27H30N2O3. The van der Waals surface area contributed by atoms with Gasteiger partial charge in [-0.15, -0.1) is 0 Å². The van der Waals surface area contributed by atoms with Crippen molar-refractivity contribution < 1.29 is 14.3 Å². The normalized spacial score (nSPS) is 11.5. The summed E-state index contributed by atoms with van der Waals surface area (Å²) in [6, 6.07) is 24.5. The number of likely N-dealkylation sites (N-methyl/N-ethyl adjacent to an activating group) is 1. The number of nitrogens with one attached hydrogen (secondary N) is 1. The summed E-state index contributed by atoms with van der Waals surface area (Å²) >= 11 is 0. The van der Waals surface area contributed by atoms with Gasteiger partial charge in [-0.2, -0.15) is 0 Å². The SMILES string of the molecule is CNC(=O)C(Cc1ccccc1)N(Cc1ccccc1)C(=O)COc1cccc(C)c1C. The van der Waals surface area contributed by atoms with Crippen LogP contribution in [0.3, 0.4) is 0 Å². The predicted octanol–water partition coefficient (Wildman–Crippen LogP) is 4.07. The molecule has 0 fully saturated rings. The van der Waals surface area contributed by atoms with E-state index < -0.39 is 6.04 Å². The molecule has 3 aromatic carbocycles. The average molecular weight is 431 g/mol. The first-order chi connectivity index (χ1) is 15.5. The monoisotopic (exact) mass is 430 g/mol. The Balaban J connectivity index is 1.87. The minimum absolute atomic E-state index is 0.139. The standard InChI is InChI=1S/C27H30N2O3/c1-20-11-10-16-25(21(20)2)32-19-26(30)29(18-23-14-8-5-9-15-23)24(27(31)28-3)17-22-12-6-4-7-13-22/h4-16,24H,17-19H2,1-3H3,(H,28,31). The molecule has 0 saturated heterocycles. The molecule has 3 aromatic rings. The molecule has 5 nitrogen and oxygen atoms in total. The molecule has 0 aliphatic heterocycles. The number of hydrogen-bond acceptors (Lipinski definition) is 3. The zero-order valence-corrected chi connectivity index (χ0v) is 18.9. The van der Waals surface area contributed by atoms with Gasteiger partial charge in [-0.3, -0.25) is 9.59 Å². The van der Waals surface area contributed by atoms with E-state index in [-0.39, 0.29) is 18.4 Å². The van der Waals surface area contributed by atoms with Crippen LogP contribution in [0.2, 0.25) is 0 Å². The highest BCUT2D eigenvalue weighted by Crippen LogP contribution is 2.21. The van der Waals surface area contributed by atoms with Gasteiger partial charge < -0.3 is 15.0 Å². The Hall–Kier alpha value is -3.60. The lowest BCUT2D eigenvalue weighted by atomic mass is 10.0. The second-order valence-corrected chi connectivity index (χ2v) is 7.81. The Morgan fingerprint density at radius 3 is 2.12 bits per heavy atom. The number of nitrogens with zero attached hydrogens (tertiary/aromatic N) is 1. The minimum Gasteiger partial charge on any atom is -0.483 e. The van der Waals surface area contributed by atoms with Gasteiger partial charge in [-0.05, 0) is 42.2 Å². The van der Waals surface area contributed by atoms with Crippen LogP contribution < -0.4 is 10.1 Å². The minimum atomic E-state index is -0.655. The maximum Gasteiger partial charge on any atom is 0.261 e. The average Bonchev–Trinajstić information content (AvgIpc) is 2.83. The Morgan fingerprint density at radius 1 is 0.875 bits per heavy atom. The third kappa shape index (κ3) is 5.97. The largest absolute Gasteiger partial charge is 0.483 e. The summed E-state index contributed by atoms with van der Waals surface area (Å²) in [4.78, 5) is 27.9. The van der Waals surface area contributed by atoms with Crippen LogP contribution in [0.1, 0.15) is 22.3 Å². The van der Waals surface area contributed by atoms with Gasteiger partial charge in [0.25, 0.3) is 5.91 Å². The van der Waals surface area contributed by atoms with E-state index in [1.807, 2.05) is 92.7 Å². The van der Waals surface area contributed by atoms with Gasteiger partial charge in [-0.1, -0.05) is 72.8 Å². The lowest BCUT2D eigenvalue weighted by Crippen LogP contribution is -2.51. The Morgan fingerprint density at radius 2 is 1.50 bits per heavy atom. The third-order valence-corrected chi connectivity index (χ3v) is 5.62. The predicted molar refractivity (Wildman–Crippen MR) is 126 cm³/mol. The van der Waals surface area contributed by atoms with Crippen LogP contribution >= 0.6 is 0 Å². The first-order valence-corrected chi connectivity index (χ1v) is 10.8. The molecule has 0 spiro atoms. The second kappa shape index (κ2) is 11.1. The second-order valence-electron chi connectivity index (χ2n) is 7.81. The van der Waals surface area contributed by atoms with E-state index in [0.29, 0.717) is 18.7 Å². The number of carbonyl (C=O) groups excluding carboxylic acids is 2. The fourth-order valence-corrected chi connectivity index (χ4v) is 3.60. The fourth-order valence-electron chi connectivity index (χ4n) is 3.60. The fraction of sp³-hybridized carbons (Fsp3) is 0.259. The number of ether oxygens (including phenoxy) is 1. The van der Waals surface area contributed by atoms with Crippen molar-refractivity contribution in [1.29, 1.82) is 0 Å². The first kappa shape index (κ1) is 23.1. The first-order valence-electron chi connectivity index (χ1n) is 10.8. The molecule has 0 aliphatic rings. The van der Waals surface area contributed by atoms with E-state index in [1.54, 1.807) is 11.9 Å². The molecule has 0 aliphatic carbocycles. The molecule has 1 N–H and O–H groups in total. The molecule has 0 radical (unpaired) electrons. The van der Waals surface area contributed by atoms with Gasteiger partial charge in [0.2, 0.25) is 5.91 Å². The van der Waals surface area contributed by atoms with E-state index in [1.165, 1.54) is 0 Å². The van der Waals surface area contributed by atoms with E-state index >= 15 is 0 Å². The maximum atomic E-state index is 13.4. The zero-order valence-electron chi connectivity index (χ0n) is 18.9. The molecular weight excluding hydrogens is 400 g/mol. The van der Waals surface area contributed by atoms with Crippen LogP contribution in [0, 0.1) is 13.8 Å². The van der Waals surface area contributed by atoms with Crippen LogP contribution in [-0.2, 0) is 22.6 Å². The molecule has 3 rings (SSSR count). The molecule has 0 aromatic heterocycles. The van der Waals surface area contributed by atoms with Gasteiger partial charge in [0, 0.05) is 20.0 Å². The molecule has 1 unspecified atom stereocenters. The highest BCUT2D eigenvalue weighted by Gasteiger charge is 2.30. The van der Waals surface area contributed by atoms with Crippen LogP contribution in [0.4, 0.5) is 0 Å². The van der Waals surface area contributed by atoms with Crippen molar-refractivity contribution >= 4 is 11.8 Å². The summed E-state index contributed by atoms with van der Waals surface area (Å²) in [6.07, 6.45) is 0.419. The van der Waals surface area contributed by atoms with Crippen molar-refractivity contribution in [2.24, 2.45) is 0 Å². The maximum absolute atomic E-state index is 13.4. The summed E-state index contributed by atoms with van der Waals surface area (Å²) in [5.74, 6) is 0.238. The molecule has 0 heterocycles. The van der Waals surface area contributed by atoms with Crippen LogP contribution in [0.25, 0.3) is 0 Å². The molecule has 5 heteroatoms. The van der Waals surface area contributed by atoms with Crippen LogP contribution in [0.15, 0.2) is 78.9 Å². The summed E-state index contributed by atoms with van der Waals surface area (Å²) in [5, 5.41) is 2.72. The number of amides is 2. The third-order valence-electron chi connectivity index (χ3n) is 5.62. The number of hydrogen-bond donors (Lipinski definition) is 1. The molecule has 32 heavy (non-hydrogen) atoms. The Kier molecular flexibility index (Phi) is 8.03. The highest BCUT2D eigenvalue weighted by atomic mass is 16.5. The van der Waals surface area contributed by atoms with E-state index in [0.717, 1.165) is 22.3 Å². The molecule has 1 atom stereocenters. The van der Waals surface area contributed by atoms with Crippen molar-refractivity contribution in [3.05, 3.63) is 101 Å². The van der Waals surface area contributed by atoms with Crippen molar-refractivity contribution in [1.82, 2.24) is 10.2 Å². The summed E-state index contributed by atoms with van der Waals surface area (Å²) < 4.78 is 5.89. The van der Waals surface area contributed by atoms with Crippen molar-refractivity contribution in [3.8, 4) is 5.75 Å². The van der Waals surface area contributed by atoms with E-state index in [2.05, 4.69) is 5.32 Å². The lowest BCUT2D eigenvalue weighted by Gasteiger charge is -2.31. The summed E-state index contributed by atoms with van der Waals surface area (Å²) in [7, 11) is 1.60. The summed E-state index contributed by atoms with van der Waals surface area (Å²) in [6.45, 7) is 4.16. The molecule has 0 saturated carbocycles. The van der Waals surface area contributed by atoms with E-state index in [4.69, 9.17) is 4.74 Å². The molecule has 0 bridgehead atoms. The highest BCUT2D eigenvalue weighted by molar-refractivity contribution is 5.88. The Bertz CT molecular complexity index is 1040. The van der Waals surface area contributed by atoms with Crippen molar-refractivity contribution in [3.63, 3.8) is 0 Å². The number of rotatable bonds is 9. The number of benzene rings is 3. The van der Waals surface area contributed by atoms with Gasteiger partial charge in [0.15, 0.2) is 6.61 Å². The lowest BCUT2D eigenvalue weighted by molar-refractivity contribution is -0.142.